The molecule has 2 heterocycles. The van der Waals surface area contributed by atoms with Gasteiger partial charge in [-0.25, -0.2) is 4.98 Å². The summed E-state index contributed by atoms with van der Waals surface area (Å²) < 4.78 is 7.06. The predicted molar refractivity (Wildman–Crippen MR) is 74.0 cm³/mol. The Morgan fingerprint density at radius 1 is 1.32 bits per heavy atom. The lowest BCUT2D eigenvalue weighted by molar-refractivity contribution is 0.397. The number of hydrogen-bond acceptors (Lipinski definition) is 4. The molecule has 0 atom stereocenters. The van der Waals surface area contributed by atoms with E-state index in [9.17, 15) is 0 Å². The van der Waals surface area contributed by atoms with Crippen molar-refractivity contribution in [3.8, 4) is 5.88 Å². The highest BCUT2D eigenvalue weighted by atomic mass is 16.5. The molecule has 0 aliphatic carbocycles. The van der Waals surface area contributed by atoms with Crippen LogP contribution in [0.4, 0.5) is 0 Å². The molecule has 2 aromatic heterocycles. The summed E-state index contributed by atoms with van der Waals surface area (Å²) in [6, 6.07) is 6.00. The van der Waals surface area contributed by atoms with Gasteiger partial charge >= 0.3 is 0 Å². The third kappa shape index (κ3) is 3.54. The zero-order chi connectivity index (χ0) is 13.7. The van der Waals surface area contributed by atoms with Crippen molar-refractivity contribution >= 4 is 0 Å². The van der Waals surface area contributed by atoms with Crippen LogP contribution >= 0.6 is 0 Å². The van der Waals surface area contributed by atoms with Crippen LogP contribution in [0.5, 0.6) is 5.88 Å². The highest BCUT2D eigenvalue weighted by molar-refractivity contribution is 5.17. The number of aryl methyl sites for hydroxylation is 2. The summed E-state index contributed by atoms with van der Waals surface area (Å²) in [6.45, 7) is 6.60. The molecule has 0 bridgehead atoms. The SMILES string of the molecule is CCn1nc(C)cc1CNCc1ccc(OC)nc1. The molecule has 0 unspecified atom stereocenters. The molecule has 0 fully saturated rings. The van der Waals surface area contributed by atoms with Gasteiger partial charge in [0.1, 0.15) is 0 Å². The van der Waals surface area contributed by atoms with E-state index in [1.54, 1.807) is 7.11 Å². The second-order valence-corrected chi connectivity index (χ2v) is 4.41. The second-order valence-electron chi connectivity index (χ2n) is 4.41. The van der Waals surface area contributed by atoms with Crippen LogP contribution in [-0.2, 0) is 19.6 Å². The van der Waals surface area contributed by atoms with Crippen molar-refractivity contribution in [3.63, 3.8) is 0 Å². The second kappa shape index (κ2) is 6.33. The number of methoxy groups -OCH3 is 1. The van der Waals surface area contributed by atoms with Gasteiger partial charge in [0.2, 0.25) is 5.88 Å². The molecule has 0 radical (unpaired) electrons. The summed E-state index contributed by atoms with van der Waals surface area (Å²) in [5.41, 5.74) is 3.41. The molecular weight excluding hydrogens is 240 g/mol. The average Bonchev–Trinajstić information content (AvgIpc) is 2.80. The summed E-state index contributed by atoms with van der Waals surface area (Å²) >= 11 is 0. The van der Waals surface area contributed by atoms with Crippen LogP contribution in [0.15, 0.2) is 24.4 Å². The summed E-state index contributed by atoms with van der Waals surface area (Å²) in [5, 5.41) is 7.83. The summed E-state index contributed by atoms with van der Waals surface area (Å²) in [6.07, 6.45) is 1.83. The highest BCUT2D eigenvalue weighted by Gasteiger charge is 2.03. The Bertz CT molecular complexity index is 519. The maximum Gasteiger partial charge on any atom is 0.212 e. The minimum absolute atomic E-state index is 0.642. The molecule has 2 aromatic rings. The van der Waals surface area contributed by atoms with Crippen molar-refractivity contribution in [1.29, 1.82) is 0 Å². The van der Waals surface area contributed by atoms with Crippen molar-refractivity contribution in [2.45, 2.75) is 33.5 Å². The lowest BCUT2D eigenvalue weighted by atomic mass is 10.3. The van der Waals surface area contributed by atoms with Crippen LogP contribution in [0.2, 0.25) is 0 Å². The third-order valence-corrected chi connectivity index (χ3v) is 2.93. The van der Waals surface area contributed by atoms with E-state index in [2.05, 4.69) is 28.4 Å². The van der Waals surface area contributed by atoms with E-state index < -0.39 is 0 Å². The first kappa shape index (κ1) is 13.5. The first-order valence-corrected chi connectivity index (χ1v) is 6.46. The van der Waals surface area contributed by atoms with E-state index in [1.807, 2.05) is 29.9 Å². The number of nitrogens with one attached hydrogen (secondary N) is 1. The minimum Gasteiger partial charge on any atom is -0.481 e. The largest absolute Gasteiger partial charge is 0.481 e. The first-order valence-electron chi connectivity index (χ1n) is 6.46. The molecule has 19 heavy (non-hydrogen) atoms. The van der Waals surface area contributed by atoms with E-state index in [4.69, 9.17) is 4.74 Å². The fraction of sp³-hybridized carbons (Fsp3) is 0.429. The van der Waals surface area contributed by atoms with Crippen molar-refractivity contribution in [1.82, 2.24) is 20.1 Å². The Labute approximate surface area is 113 Å². The van der Waals surface area contributed by atoms with Crippen LogP contribution < -0.4 is 10.1 Å². The Balaban J connectivity index is 1.88. The molecule has 0 spiro atoms. The topological polar surface area (TPSA) is 52.0 Å². The normalized spacial score (nSPS) is 10.7. The maximum atomic E-state index is 5.03. The minimum atomic E-state index is 0.642. The number of hydrogen-bond donors (Lipinski definition) is 1. The predicted octanol–water partition coefficient (Wildman–Crippen LogP) is 1.90. The maximum absolute atomic E-state index is 5.03. The molecule has 2 rings (SSSR count). The molecular formula is C14H20N4O. The van der Waals surface area contributed by atoms with Crippen molar-refractivity contribution in [2.75, 3.05) is 7.11 Å². The van der Waals surface area contributed by atoms with Crippen LogP contribution in [-0.4, -0.2) is 21.9 Å². The van der Waals surface area contributed by atoms with Crippen LogP contribution in [0.3, 0.4) is 0 Å². The number of pyridine rings is 1. The standard InChI is InChI=1S/C14H20N4O/c1-4-18-13(7-11(2)17-18)10-15-8-12-5-6-14(19-3)16-9-12/h5-7,9,15H,4,8,10H2,1-3H3. The van der Waals surface area contributed by atoms with E-state index >= 15 is 0 Å². The summed E-state index contributed by atoms with van der Waals surface area (Å²) in [4.78, 5) is 4.18. The molecule has 1 N–H and O–H groups in total. The zero-order valence-electron chi connectivity index (χ0n) is 11.7. The molecule has 5 nitrogen and oxygen atoms in total. The van der Waals surface area contributed by atoms with Gasteiger partial charge in [-0.2, -0.15) is 5.10 Å². The number of nitrogens with zero attached hydrogens (tertiary/aromatic N) is 3. The third-order valence-electron chi connectivity index (χ3n) is 2.93. The lowest BCUT2D eigenvalue weighted by Gasteiger charge is -2.07. The number of rotatable bonds is 6. The monoisotopic (exact) mass is 260 g/mol. The Kier molecular flexibility index (Phi) is 4.52. The molecule has 5 heteroatoms. The van der Waals surface area contributed by atoms with Gasteiger partial charge < -0.3 is 10.1 Å². The van der Waals surface area contributed by atoms with Gasteiger partial charge in [-0.15, -0.1) is 0 Å². The molecule has 0 aromatic carbocycles. The summed E-state index contributed by atoms with van der Waals surface area (Å²) in [5.74, 6) is 0.642. The molecule has 0 saturated carbocycles. The average molecular weight is 260 g/mol. The van der Waals surface area contributed by atoms with Gasteiger partial charge in [0.15, 0.2) is 0 Å². The van der Waals surface area contributed by atoms with Crippen molar-refractivity contribution < 1.29 is 4.74 Å². The molecule has 102 valence electrons. The molecule has 0 amide bonds. The van der Waals surface area contributed by atoms with Gasteiger partial charge in [-0.1, -0.05) is 6.07 Å². The van der Waals surface area contributed by atoms with Gasteiger partial charge in [0, 0.05) is 31.9 Å². The van der Waals surface area contributed by atoms with E-state index in [1.165, 1.54) is 5.69 Å². The fourth-order valence-electron chi connectivity index (χ4n) is 1.99. The first-order chi connectivity index (χ1) is 9.22. The summed E-state index contributed by atoms with van der Waals surface area (Å²) in [7, 11) is 1.62. The Hall–Kier alpha value is -1.88. The van der Waals surface area contributed by atoms with E-state index in [0.29, 0.717) is 5.88 Å². The fourth-order valence-corrected chi connectivity index (χ4v) is 1.99. The van der Waals surface area contributed by atoms with Crippen LogP contribution in [0.25, 0.3) is 0 Å². The van der Waals surface area contributed by atoms with Gasteiger partial charge in [0.25, 0.3) is 0 Å². The smallest absolute Gasteiger partial charge is 0.212 e. The van der Waals surface area contributed by atoms with Gasteiger partial charge in [-0.3, -0.25) is 4.68 Å². The molecule has 0 saturated heterocycles. The Morgan fingerprint density at radius 3 is 2.79 bits per heavy atom. The molecule has 0 aliphatic heterocycles. The van der Waals surface area contributed by atoms with Crippen molar-refractivity contribution in [2.24, 2.45) is 0 Å². The number of aromatic nitrogens is 3. The van der Waals surface area contributed by atoms with E-state index in [0.717, 1.165) is 30.9 Å². The van der Waals surface area contributed by atoms with Gasteiger partial charge in [0.05, 0.1) is 18.5 Å². The zero-order valence-corrected chi connectivity index (χ0v) is 11.7. The highest BCUT2D eigenvalue weighted by Crippen LogP contribution is 2.07. The quantitative estimate of drug-likeness (QED) is 0.862. The number of ether oxygens (including phenoxy) is 1. The Morgan fingerprint density at radius 2 is 2.16 bits per heavy atom. The lowest BCUT2D eigenvalue weighted by Crippen LogP contribution is -2.16. The molecule has 0 aliphatic rings. The van der Waals surface area contributed by atoms with Crippen LogP contribution in [0.1, 0.15) is 23.9 Å². The van der Waals surface area contributed by atoms with Crippen molar-refractivity contribution in [3.05, 3.63) is 41.3 Å². The van der Waals surface area contributed by atoms with Crippen LogP contribution in [0, 0.1) is 6.92 Å². The van der Waals surface area contributed by atoms with E-state index in [-0.39, 0.29) is 0 Å². The van der Waals surface area contributed by atoms with Gasteiger partial charge in [-0.05, 0) is 25.5 Å².